The van der Waals surface area contributed by atoms with Crippen molar-refractivity contribution < 1.29 is 46.1 Å². The van der Waals surface area contributed by atoms with E-state index in [2.05, 4.69) is 108 Å². The van der Waals surface area contributed by atoms with Gasteiger partial charge in [0.2, 0.25) is 0 Å². The van der Waals surface area contributed by atoms with Crippen molar-refractivity contribution >= 4 is 23.4 Å². The van der Waals surface area contributed by atoms with Gasteiger partial charge in [0.25, 0.3) is 0 Å². The molecule has 3 aromatic rings. The van der Waals surface area contributed by atoms with Gasteiger partial charge in [-0.2, -0.15) is 0 Å². The van der Waals surface area contributed by atoms with Gasteiger partial charge in [-0.25, -0.2) is 0 Å². The molecular formula is C37H44Cl2SZr. The van der Waals surface area contributed by atoms with Crippen LogP contribution in [0.1, 0.15) is 108 Å². The average molecular weight is 683 g/mol. The fraction of sp³-hybridized carbons (Fsp3) is 0.432. The summed E-state index contributed by atoms with van der Waals surface area (Å²) in [7, 11) is 0. The third kappa shape index (κ3) is 6.43. The summed E-state index contributed by atoms with van der Waals surface area (Å²) in [4.78, 5) is 1.43. The zero-order valence-electron chi connectivity index (χ0n) is 25.8. The van der Waals surface area contributed by atoms with Crippen molar-refractivity contribution in [2.75, 3.05) is 0 Å². The number of thiophene rings is 1. The Morgan fingerprint density at radius 1 is 0.805 bits per heavy atom. The average Bonchev–Trinajstić information content (AvgIpc) is 3.62. The van der Waals surface area contributed by atoms with Crippen LogP contribution in [-0.2, 0) is 38.5 Å². The predicted octanol–water partition coefficient (Wildman–Crippen LogP) is 3.92. The van der Waals surface area contributed by atoms with Gasteiger partial charge in [-0.15, -0.1) is 0 Å². The summed E-state index contributed by atoms with van der Waals surface area (Å²) < 4.78 is 5.59. The molecule has 4 heteroatoms. The summed E-state index contributed by atoms with van der Waals surface area (Å²) in [5.41, 5.74) is 11.0. The number of rotatable bonds is 3. The first-order valence-corrected chi connectivity index (χ1v) is 19.6. The fourth-order valence-electron chi connectivity index (χ4n) is 6.78. The van der Waals surface area contributed by atoms with E-state index in [1.807, 2.05) is 17.8 Å². The van der Waals surface area contributed by atoms with E-state index in [-0.39, 0.29) is 35.6 Å². The molecular weight excluding hydrogens is 639 g/mol. The van der Waals surface area contributed by atoms with E-state index >= 15 is 0 Å². The van der Waals surface area contributed by atoms with Crippen LogP contribution in [0.15, 0.2) is 63.3 Å². The summed E-state index contributed by atoms with van der Waals surface area (Å²) in [5, 5.41) is 2.23. The van der Waals surface area contributed by atoms with Crippen molar-refractivity contribution in [1.29, 1.82) is 0 Å². The maximum atomic E-state index is 2.71. The van der Waals surface area contributed by atoms with Crippen molar-refractivity contribution in [1.82, 2.24) is 0 Å². The minimum absolute atomic E-state index is 0. The van der Waals surface area contributed by atoms with Crippen LogP contribution in [0.25, 0.3) is 16.7 Å². The van der Waals surface area contributed by atoms with Crippen molar-refractivity contribution in [2.24, 2.45) is 5.92 Å². The Morgan fingerprint density at radius 2 is 1.49 bits per heavy atom. The second kappa shape index (κ2) is 12.5. The Kier molecular flexibility index (Phi) is 10.0. The second-order valence-corrected chi connectivity index (χ2v) is 21.4. The van der Waals surface area contributed by atoms with E-state index in [1.165, 1.54) is 64.8 Å². The van der Waals surface area contributed by atoms with Gasteiger partial charge in [0.15, 0.2) is 0 Å². The van der Waals surface area contributed by atoms with Gasteiger partial charge in [-0.1, -0.05) is 0 Å². The molecule has 1 atom stereocenters. The molecule has 6 rings (SSSR count). The SMILES string of the molecule is CC1C=C(c2cccs2)C=[C]1[Zr+2](=[C]1CCCCC1)[c]1cc(C(C)(C)C)cc2c1Cc1ccc(C(C)(C)C)cc1-2.[Cl-].[Cl-]. The number of allylic oxidation sites excluding steroid dienone is 4. The molecule has 41 heavy (non-hydrogen) atoms. The molecule has 0 saturated heterocycles. The minimum Gasteiger partial charge on any atom is -1.00 e. The van der Waals surface area contributed by atoms with Crippen LogP contribution in [0.5, 0.6) is 0 Å². The van der Waals surface area contributed by atoms with Gasteiger partial charge >= 0.3 is 250 Å². The van der Waals surface area contributed by atoms with Crippen LogP contribution in [0.3, 0.4) is 0 Å². The molecule has 0 spiro atoms. The van der Waals surface area contributed by atoms with Gasteiger partial charge in [0.05, 0.1) is 0 Å². The first kappa shape index (κ1) is 32.9. The molecule has 0 bridgehead atoms. The van der Waals surface area contributed by atoms with E-state index < -0.39 is 21.3 Å². The molecule has 1 saturated carbocycles. The Bertz CT molecular complexity index is 1520. The van der Waals surface area contributed by atoms with E-state index in [1.54, 1.807) is 14.4 Å². The van der Waals surface area contributed by atoms with Crippen LogP contribution < -0.4 is 28.1 Å². The van der Waals surface area contributed by atoms with Crippen molar-refractivity contribution in [2.45, 2.75) is 97.8 Å². The summed E-state index contributed by atoms with van der Waals surface area (Å²) in [6.45, 7) is 16.7. The van der Waals surface area contributed by atoms with E-state index in [0.717, 1.165) is 6.42 Å². The predicted molar refractivity (Wildman–Crippen MR) is 169 cm³/mol. The standard InChI is InChI=1S/C21H25.C10H9S.C6H10.2ClH.Zr/c1-20(2,3)16-9-7-14-11-15-8-10-17(21(4,5)6)13-19(15)18(14)12-16;1-8-4-5-9(7-8)10-3-2-6-11-10;1-2-4-6-5-3-1;;;/h7,9-10,12-13H,11H2,1-6H3;2-3,5-8H,1H3;1-5H2;2*1H;/q;;;;;+2/p-2. The molecule has 1 fully saturated rings. The Morgan fingerprint density at radius 3 is 2.12 bits per heavy atom. The molecule has 1 unspecified atom stereocenters. The van der Waals surface area contributed by atoms with Gasteiger partial charge in [0, 0.05) is 0 Å². The van der Waals surface area contributed by atoms with Gasteiger partial charge in [-0.05, 0) is 0 Å². The Labute approximate surface area is 272 Å². The third-order valence-electron chi connectivity index (χ3n) is 9.15. The number of halogens is 2. The first-order chi connectivity index (χ1) is 18.5. The number of hydrogen-bond donors (Lipinski definition) is 0. The number of hydrogen-bond acceptors (Lipinski definition) is 1. The van der Waals surface area contributed by atoms with Crippen LogP contribution >= 0.6 is 11.3 Å². The summed E-state index contributed by atoms with van der Waals surface area (Å²) in [6.07, 6.45) is 13.3. The summed E-state index contributed by atoms with van der Waals surface area (Å²) in [6, 6.07) is 17.2. The number of fused-ring (bicyclic) bond motifs is 3. The topological polar surface area (TPSA) is 0 Å². The van der Waals surface area contributed by atoms with E-state index in [4.69, 9.17) is 0 Å². The zero-order chi connectivity index (χ0) is 27.5. The van der Waals surface area contributed by atoms with Crippen molar-refractivity contribution in [3.8, 4) is 11.1 Å². The smallest absolute Gasteiger partial charge is 1.00 e. The molecule has 0 nitrogen and oxygen atoms in total. The van der Waals surface area contributed by atoms with Crippen molar-refractivity contribution in [3.05, 3.63) is 90.4 Å². The molecule has 0 N–H and O–H groups in total. The third-order valence-corrected chi connectivity index (χ3v) is 18.4. The Balaban J connectivity index is 0.00000194. The fourth-order valence-corrected chi connectivity index (χ4v) is 16.4. The second-order valence-electron chi connectivity index (χ2n) is 14.1. The van der Waals surface area contributed by atoms with Gasteiger partial charge in [0.1, 0.15) is 0 Å². The molecule has 0 amide bonds. The quantitative estimate of drug-likeness (QED) is 0.308. The zero-order valence-corrected chi connectivity index (χ0v) is 30.5. The molecule has 2 aromatic carbocycles. The minimum atomic E-state index is -2.32. The van der Waals surface area contributed by atoms with Crippen LogP contribution in [0, 0.1) is 5.92 Å². The molecule has 0 radical (unpaired) electrons. The molecule has 1 aromatic heterocycles. The van der Waals surface area contributed by atoms with Gasteiger partial charge in [-0.3, -0.25) is 0 Å². The van der Waals surface area contributed by atoms with Gasteiger partial charge < -0.3 is 24.8 Å². The Hall–Kier alpha value is -1.05. The van der Waals surface area contributed by atoms with Crippen LogP contribution in [0.2, 0.25) is 0 Å². The molecule has 1 heterocycles. The molecule has 3 aliphatic rings. The number of benzene rings is 2. The monoisotopic (exact) mass is 680 g/mol. The maximum absolute atomic E-state index is 2.71. The first-order valence-electron chi connectivity index (χ1n) is 15.0. The van der Waals surface area contributed by atoms with E-state index in [9.17, 15) is 0 Å². The van der Waals surface area contributed by atoms with E-state index in [0.29, 0.717) is 5.92 Å². The largest absolute Gasteiger partial charge is 1.00 e. The molecule has 3 aliphatic carbocycles. The van der Waals surface area contributed by atoms with Crippen molar-refractivity contribution in [3.63, 3.8) is 0 Å². The van der Waals surface area contributed by atoms with Crippen LogP contribution in [-0.4, -0.2) is 3.21 Å². The maximum Gasteiger partial charge on any atom is -1.00 e. The molecule has 216 valence electrons. The summed E-state index contributed by atoms with van der Waals surface area (Å²) >= 11 is -0.434. The molecule has 0 aliphatic heterocycles. The van der Waals surface area contributed by atoms with Crippen LogP contribution in [0.4, 0.5) is 0 Å². The normalized spacial score (nSPS) is 17.9. The summed E-state index contributed by atoms with van der Waals surface area (Å²) in [5.74, 6) is 0.552.